The highest BCUT2D eigenvalue weighted by atomic mass is 32.1. The Labute approximate surface area is 216 Å². The Morgan fingerprint density at radius 3 is 2.21 bits per heavy atom. The van der Waals surface area contributed by atoms with Crippen molar-refractivity contribution in [2.24, 2.45) is 0 Å². The van der Waals surface area contributed by atoms with Gasteiger partial charge in [0, 0.05) is 34.8 Å². The number of aliphatic carboxylic acids is 1. The number of aromatic nitrogens is 2. The summed E-state index contributed by atoms with van der Waals surface area (Å²) in [6.07, 6.45) is -3.52. The van der Waals surface area contributed by atoms with Crippen molar-refractivity contribution in [3.8, 4) is 23.0 Å². The van der Waals surface area contributed by atoms with E-state index in [1.54, 1.807) is 35.8 Å². The molecule has 0 atom stereocenters. The molecule has 200 valence electrons. The van der Waals surface area contributed by atoms with E-state index in [2.05, 4.69) is 15.3 Å². The largest absolute Gasteiger partial charge is 0.493 e. The van der Waals surface area contributed by atoms with Crippen molar-refractivity contribution in [2.45, 2.75) is 13.1 Å². The summed E-state index contributed by atoms with van der Waals surface area (Å²) in [5, 5.41) is 12.8. The Morgan fingerprint density at radius 2 is 1.66 bits per heavy atom. The molecule has 0 bridgehead atoms. The van der Waals surface area contributed by atoms with Gasteiger partial charge in [0.2, 0.25) is 0 Å². The molecular weight excluding hydrogens is 534 g/mol. The monoisotopic (exact) mass is 553 g/mol. The first-order valence-electron chi connectivity index (χ1n) is 10.4. The number of pyridine rings is 1. The molecule has 0 radical (unpaired) electrons. The number of alkyl halides is 3. The number of nitrogens with one attached hydrogen (secondary N) is 1. The molecule has 2 aromatic heterocycles. The molecule has 2 aromatic carbocycles. The minimum atomic E-state index is -5.08. The van der Waals surface area contributed by atoms with Gasteiger partial charge in [-0.15, -0.1) is 11.3 Å². The number of ether oxygens (including phenoxy) is 3. The van der Waals surface area contributed by atoms with Crippen molar-refractivity contribution >= 4 is 39.8 Å². The number of amides is 1. The summed E-state index contributed by atoms with van der Waals surface area (Å²) in [7, 11) is 3.07. The molecule has 0 unspecified atom stereocenters. The van der Waals surface area contributed by atoms with E-state index >= 15 is 0 Å². The summed E-state index contributed by atoms with van der Waals surface area (Å²) in [6.45, 7) is 1.81. The van der Waals surface area contributed by atoms with Gasteiger partial charge >= 0.3 is 12.1 Å². The van der Waals surface area contributed by atoms with Gasteiger partial charge in [0.25, 0.3) is 5.91 Å². The van der Waals surface area contributed by atoms with E-state index in [1.165, 1.54) is 37.7 Å². The first-order valence-corrected chi connectivity index (χ1v) is 11.3. The number of carbonyl (C=O) groups excluding carboxylic acids is 1. The molecule has 0 spiro atoms. The van der Waals surface area contributed by atoms with Crippen LogP contribution in [0.15, 0.2) is 48.0 Å². The lowest BCUT2D eigenvalue weighted by Crippen LogP contribution is -2.21. The van der Waals surface area contributed by atoms with E-state index in [0.29, 0.717) is 33.8 Å². The number of hydrogen-bond acceptors (Lipinski definition) is 8. The fourth-order valence-electron chi connectivity index (χ4n) is 2.98. The van der Waals surface area contributed by atoms with Crippen LogP contribution >= 0.6 is 11.3 Å². The molecule has 0 fully saturated rings. The van der Waals surface area contributed by atoms with Crippen LogP contribution < -0.4 is 19.5 Å². The molecule has 2 heterocycles. The van der Waals surface area contributed by atoms with Gasteiger partial charge in [-0.05, 0) is 31.2 Å². The van der Waals surface area contributed by atoms with Crippen molar-refractivity contribution in [2.75, 3.05) is 19.5 Å². The summed E-state index contributed by atoms with van der Waals surface area (Å²) in [5.41, 5.74) is 1.19. The number of anilines is 1. The number of aryl methyl sites for hydroxylation is 1. The van der Waals surface area contributed by atoms with Crippen LogP contribution in [0.3, 0.4) is 0 Å². The molecule has 0 saturated heterocycles. The molecule has 0 saturated carbocycles. The second-order valence-corrected chi connectivity index (χ2v) is 8.35. The van der Waals surface area contributed by atoms with Gasteiger partial charge in [0.05, 0.1) is 24.7 Å². The second-order valence-electron chi connectivity index (χ2n) is 7.29. The third kappa shape index (κ3) is 6.85. The zero-order valence-corrected chi connectivity index (χ0v) is 20.7. The number of rotatable bonds is 6. The third-order valence-corrected chi connectivity index (χ3v) is 5.48. The Hall–Kier alpha value is -4.46. The molecule has 1 amide bonds. The van der Waals surface area contributed by atoms with Crippen LogP contribution in [0.2, 0.25) is 0 Å². The Kier molecular flexibility index (Phi) is 8.68. The Bertz CT molecular complexity index is 1480. The van der Waals surface area contributed by atoms with Crippen LogP contribution in [0.25, 0.3) is 10.9 Å². The predicted molar refractivity (Wildman–Crippen MR) is 130 cm³/mol. The molecule has 0 aliphatic carbocycles. The Morgan fingerprint density at radius 1 is 1.00 bits per heavy atom. The average Bonchev–Trinajstić information content (AvgIpc) is 3.31. The number of benzene rings is 2. The zero-order chi connectivity index (χ0) is 28.0. The van der Waals surface area contributed by atoms with Gasteiger partial charge < -0.3 is 24.6 Å². The van der Waals surface area contributed by atoms with Gasteiger partial charge in [-0.25, -0.2) is 14.2 Å². The number of hydrogen-bond donors (Lipinski definition) is 2. The topological polar surface area (TPSA) is 120 Å². The number of methoxy groups -OCH3 is 2. The number of fused-ring (bicyclic) bond motifs is 1. The maximum absolute atomic E-state index is 14.7. The molecule has 2 N–H and O–H groups in total. The first kappa shape index (κ1) is 28.1. The molecule has 4 rings (SSSR count). The molecule has 9 nitrogen and oxygen atoms in total. The number of carboxylic acids is 1. The SMILES string of the molecule is COc1cc2nccc(Oc3ccc(NC(=O)c4csc(C)n4)cc3F)c2cc1OC.O=C(O)C(F)(F)F. The summed E-state index contributed by atoms with van der Waals surface area (Å²) in [6, 6.07) is 9.27. The van der Waals surface area contributed by atoms with Crippen molar-refractivity contribution in [1.29, 1.82) is 0 Å². The highest BCUT2D eigenvalue weighted by Crippen LogP contribution is 2.37. The van der Waals surface area contributed by atoms with Gasteiger partial charge in [0.15, 0.2) is 23.1 Å². The molecular formula is C24H19F4N3O6S. The van der Waals surface area contributed by atoms with E-state index < -0.39 is 23.9 Å². The number of carboxylic acid groups (broad SMARTS) is 1. The normalized spacial score (nSPS) is 10.8. The predicted octanol–water partition coefficient (Wildman–Crippen LogP) is 5.83. The minimum absolute atomic E-state index is 0.00443. The average molecular weight is 553 g/mol. The number of nitrogens with zero attached hydrogens (tertiary/aromatic N) is 2. The van der Waals surface area contributed by atoms with Crippen molar-refractivity contribution in [3.63, 3.8) is 0 Å². The zero-order valence-electron chi connectivity index (χ0n) is 19.9. The Balaban J connectivity index is 0.000000505. The highest BCUT2D eigenvalue weighted by molar-refractivity contribution is 7.09. The summed E-state index contributed by atoms with van der Waals surface area (Å²) in [5.74, 6) is -2.35. The van der Waals surface area contributed by atoms with Crippen molar-refractivity contribution in [1.82, 2.24) is 9.97 Å². The first-order chi connectivity index (χ1) is 17.9. The standard InChI is InChI=1S/C22H18FN3O4S.C2HF3O2/c1-12-25-17(11-31-12)22(27)26-13-4-5-19(15(23)8-13)30-18-6-7-24-16-10-21(29-3)20(28-2)9-14(16)18;3-2(4,5)1(6)7/h4-11H,1-3H3,(H,26,27);(H,6,7). The van der Waals surface area contributed by atoms with Crippen LogP contribution in [0.5, 0.6) is 23.0 Å². The van der Waals surface area contributed by atoms with E-state index in [9.17, 15) is 22.4 Å². The van der Waals surface area contributed by atoms with Crippen LogP contribution in [0.1, 0.15) is 15.5 Å². The second kappa shape index (κ2) is 11.7. The summed E-state index contributed by atoms with van der Waals surface area (Å²) >= 11 is 1.37. The minimum Gasteiger partial charge on any atom is -0.493 e. The lowest BCUT2D eigenvalue weighted by atomic mass is 10.2. The van der Waals surface area contributed by atoms with E-state index in [1.807, 2.05) is 6.92 Å². The van der Waals surface area contributed by atoms with Crippen molar-refractivity contribution < 1.29 is 46.5 Å². The van der Waals surface area contributed by atoms with Gasteiger partial charge in [-0.1, -0.05) is 0 Å². The van der Waals surface area contributed by atoms with Gasteiger partial charge in [0.1, 0.15) is 11.4 Å². The maximum Gasteiger partial charge on any atom is 0.490 e. The molecule has 4 aromatic rings. The summed E-state index contributed by atoms with van der Waals surface area (Å²) < 4.78 is 62.9. The molecule has 0 aliphatic rings. The number of thiazole rings is 1. The maximum atomic E-state index is 14.7. The number of halogens is 4. The fraction of sp³-hybridized carbons (Fsp3) is 0.167. The fourth-order valence-corrected chi connectivity index (χ4v) is 3.57. The lowest BCUT2D eigenvalue weighted by molar-refractivity contribution is -0.192. The van der Waals surface area contributed by atoms with Gasteiger partial charge in [-0.2, -0.15) is 13.2 Å². The van der Waals surface area contributed by atoms with Crippen LogP contribution in [0, 0.1) is 12.7 Å². The lowest BCUT2D eigenvalue weighted by Gasteiger charge is -2.13. The number of carbonyl (C=O) groups is 2. The van der Waals surface area contributed by atoms with E-state index in [4.69, 9.17) is 24.1 Å². The smallest absolute Gasteiger partial charge is 0.490 e. The van der Waals surface area contributed by atoms with E-state index in [-0.39, 0.29) is 11.4 Å². The van der Waals surface area contributed by atoms with Crippen molar-refractivity contribution in [3.05, 3.63) is 64.5 Å². The molecule has 0 aliphatic heterocycles. The highest BCUT2D eigenvalue weighted by Gasteiger charge is 2.38. The summed E-state index contributed by atoms with van der Waals surface area (Å²) in [4.78, 5) is 29.5. The van der Waals surface area contributed by atoms with Crippen LogP contribution in [-0.4, -0.2) is 47.3 Å². The van der Waals surface area contributed by atoms with E-state index in [0.717, 1.165) is 5.01 Å². The van der Waals surface area contributed by atoms with Crippen LogP contribution in [0.4, 0.5) is 23.2 Å². The van der Waals surface area contributed by atoms with Crippen LogP contribution in [-0.2, 0) is 4.79 Å². The van der Waals surface area contributed by atoms with Gasteiger partial charge in [-0.3, -0.25) is 9.78 Å². The quantitative estimate of drug-likeness (QED) is 0.286. The molecule has 14 heteroatoms. The third-order valence-electron chi connectivity index (χ3n) is 4.71. The molecule has 38 heavy (non-hydrogen) atoms.